The first-order chi connectivity index (χ1) is 11.2. The fraction of sp³-hybridized carbons (Fsp3) is 0. The fourth-order valence-corrected chi connectivity index (χ4v) is 2.93. The van der Waals surface area contributed by atoms with E-state index in [1.54, 1.807) is 0 Å². The van der Waals surface area contributed by atoms with E-state index < -0.39 is 0 Å². The van der Waals surface area contributed by atoms with Crippen molar-refractivity contribution in [2.45, 2.75) is 0 Å². The van der Waals surface area contributed by atoms with E-state index in [1.165, 1.54) is 0 Å². The van der Waals surface area contributed by atoms with Crippen molar-refractivity contribution in [2.75, 3.05) is 16.8 Å². The Morgan fingerprint density at radius 2 is 1.39 bits per heavy atom. The summed E-state index contributed by atoms with van der Waals surface area (Å²) < 4.78 is 0. The molecular formula is C20H17N3. The van der Waals surface area contributed by atoms with Crippen molar-refractivity contribution in [1.82, 2.24) is 0 Å². The molecule has 0 radical (unpaired) electrons. The zero-order valence-electron chi connectivity index (χ0n) is 12.6. The second-order valence-corrected chi connectivity index (χ2v) is 5.66. The first-order valence-electron chi connectivity index (χ1n) is 7.55. The molecular weight excluding hydrogens is 282 g/mol. The van der Waals surface area contributed by atoms with Gasteiger partial charge in [-0.3, -0.25) is 0 Å². The van der Waals surface area contributed by atoms with Crippen LogP contribution in [0.3, 0.4) is 0 Å². The van der Waals surface area contributed by atoms with Gasteiger partial charge in [0, 0.05) is 22.1 Å². The summed E-state index contributed by atoms with van der Waals surface area (Å²) in [6.45, 7) is 0. The van der Waals surface area contributed by atoms with Crippen LogP contribution in [0.25, 0.3) is 21.5 Å². The van der Waals surface area contributed by atoms with Crippen LogP contribution >= 0.6 is 0 Å². The van der Waals surface area contributed by atoms with Crippen LogP contribution in [0.4, 0.5) is 22.7 Å². The maximum Gasteiger partial charge on any atom is 0.0633 e. The van der Waals surface area contributed by atoms with Crippen LogP contribution in [-0.2, 0) is 0 Å². The molecule has 0 aliphatic heterocycles. The number of rotatable bonds is 2. The predicted octanol–water partition coefficient (Wildman–Crippen LogP) is 4.90. The summed E-state index contributed by atoms with van der Waals surface area (Å²) in [4.78, 5) is 0. The first-order valence-corrected chi connectivity index (χ1v) is 7.55. The van der Waals surface area contributed by atoms with Crippen LogP contribution in [-0.4, -0.2) is 0 Å². The van der Waals surface area contributed by atoms with Crippen LogP contribution in [0.15, 0.2) is 72.8 Å². The SMILES string of the molecule is Nc1cccc2ccc(Nc3ccc4ccccc4c3N)cc12. The van der Waals surface area contributed by atoms with E-state index in [9.17, 15) is 0 Å². The highest BCUT2D eigenvalue weighted by molar-refractivity contribution is 6.00. The zero-order chi connectivity index (χ0) is 15.8. The minimum Gasteiger partial charge on any atom is -0.398 e. The van der Waals surface area contributed by atoms with Crippen LogP contribution in [0.2, 0.25) is 0 Å². The molecule has 0 fully saturated rings. The number of benzene rings is 4. The van der Waals surface area contributed by atoms with Gasteiger partial charge >= 0.3 is 0 Å². The Balaban J connectivity index is 1.78. The third kappa shape index (κ3) is 2.32. The number of nitrogen functional groups attached to an aromatic ring is 2. The normalized spacial score (nSPS) is 11.0. The maximum absolute atomic E-state index is 6.32. The summed E-state index contributed by atoms with van der Waals surface area (Å²) in [5, 5.41) is 7.76. The van der Waals surface area contributed by atoms with E-state index in [-0.39, 0.29) is 0 Å². The number of fused-ring (bicyclic) bond motifs is 2. The van der Waals surface area contributed by atoms with Crippen molar-refractivity contribution < 1.29 is 0 Å². The molecule has 0 spiro atoms. The van der Waals surface area contributed by atoms with Gasteiger partial charge in [0.25, 0.3) is 0 Å². The lowest BCUT2D eigenvalue weighted by molar-refractivity contribution is 1.58. The summed E-state index contributed by atoms with van der Waals surface area (Å²) in [7, 11) is 0. The lowest BCUT2D eigenvalue weighted by Crippen LogP contribution is -1.97. The Kier molecular flexibility index (Phi) is 3.05. The lowest BCUT2D eigenvalue weighted by atomic mass is 10.1. The summed E-state index contributed by atoms with van der Waals surface area (Å²) in [5.41, 5.74) is 15.8. The molecule has 0 amide bonds. The van der Waals surface area contributed by atoms with Crippen molar-refractivity contribution in [3.8, 4) is 0 Å². The molecule has 0 aliphatic carbocycles. The Bertz CT molecular complexity index is 1020. The molecule has 0 unspecified atom stereocenters. The lowest BCUT2D eigenvalue weighted by Gasteiger charge is -2.13. The van der Waals surface area contributed by atoms with Crippen molar-refractivity contribution in [3.05, 3.63) is 72.8 Å². The number of nitrogens with two attached hydrogens (primary N) is 2. The smallest absolute Gasteiger partial charge is 0.0633 e. The van der Waals surface area contributed by atoms with E-state index in [0.29, 0.717) is 0 Å². The molecule has 5 N–H and O–H groups in total. The summed E-state index contributed by atoms with van der Waals surface area (Å²) in [6.07, 6.45) is 0. The van der Waals surface area contributed by atoms with Crippen LogP contribution in [0.5, 0.6) is 0 Å². The molecule has 0 atom stereocenters. The largest absolute Gasteiger partial charge is 0.398 e. The Morgan fingerprint density at radius 3 is 2.30 bits per heavy atom. The van der Waals surface area contributed by atoms with E-state index in [0.717, 1.165) is 44.3 Å². The van der Waals surface area contributed by atoms with Crippen molar-refractivity contribution in [3.63, 3.8) is 0 Å². The molecule has 0 aromatic heterocycles. The van der Waals surface area contributed by atoms with Gasteiger partial charge in [-0.25, -0.2) is 0 Å². The van der Waals surface area contributed by atoms with Crippen LogP contribution in [0.1, 0.15) is 0 Å². The van der Waals surface area contributed by atoms with Crippen LogP contribution in [0, 0.1) is 0 Å². The minimum atomic E-state index is 0.754. The molecule has 3 heteroatoms. The molecule has 0 heterocycles. The summed E-state index contributed by atoms with van der Waals surface area (Å²) in [6, 6.07) is 24.3. The average Bonchev–Trinajstić information content (AvgIpc) is 2.58. The highest BCUT2D eigenvalue weighted by Crippen LogP contribution is 2.32. The quantitative estimate of drug-likeness (QED) is 0.461. The molecule has 4 aromatic carbocycles. The Hall–Kier alpha value is -3.20. The van der Waals surface area contributed by atoms with E-state index in [1.807, 2.05) is 42.5 Å². The number of nitrogens with one attached hydrogen (secondary N) is 1. The second kappa shape index (κ2) is 5.21. The fourth-order valence-electron chi connectivity index (χ4n) is 2.93. The van der Waals surface area contributed by atoms with Crippen molar-refractivity contribution in [1.29, 1.82) is 0 Å². The molecule has 4 aromatic rings. The molecule has 0 saturated heterocycles. The Morgan fingerprint density at radius 1 is 0.652 bits per heavy atom. The van der Waals surface area contributed by atoms with Crippen molar-refractivity contribution >= 4 is 44.3 Å². The van der Waals surface area contributed by atoms with Gasteiger partial charge in [0.15, 0.2) is 0 Å². The van der Waals surface area contributed by atoms with E-state index in [2.05, 4.69) is 35.6 Å². The van der Waals surface area contributed by atoms with Gasteiger partial charge in [-0.1, -0.05) is 48.5 Å². The monoisotopic (exact) mass is 299 g/mol. The molecule has 112 valence electrons. The third-order valence-electron chi connectivity index (χ3n) is 4.17. The van der Waals surface area contributed by atoms with Gasteiger partial charge in [0.1, 0.15) is 0 Å². The zero-order valence-corrected chi connectivity index (χ0v) is 12.6. The van der Waals surface area contributed by atoms with Crippen LogP contribution < -0.4 is 16.8 Å². The van der Waals surface area contributed by atoms with Gasteiger partial charge in [-0.15, -0.1) is 0 Å². The van der Waals surface area contributed by atoms with Gasteiger partial charge in [0.05, 0.1) is 11.4 Å². The number of hydrogen-bond acceptors (Lipinski definition) is 3. The highest BCUT2D eigenvalue weighted by Gasteiger charge is 2.05. The maximum atomic E-state index is 6.32. The van der Waals surface area contributed by atoms with Gasteiger partial charge in [-0.2, -0.15) is 0 Å². The molecule has 3 nitrogen and oxygen atoms in total. The van der Waals surface area contributed by atoms with Gasteiger partial charge in [-0.05, 0) is 35.0 Å². The predicted molar refractivity (Wildman–Crippen MR) is 100 cm³/mol. The van der Waals surface area contributed by atoms with Gasteiger partial charge < -0.3 is 16.8 Å². The Labute approximate surface area is 134 Å². The average molecular weight is 299 g/mol. The van der Waals surface area contributed by atoms with Crippen molar-refractivity contribution in [2.24, 2.45) is 0 Å². The molecule has 0 aliphatic rings. The number of hydrogen-bond donors (Lipinski definition) is 3. The summed E-state index contributed by atoms with van der Waals surface area (Å²) >= 11 is 0. The minimum absolute atomic E-state index is 0.754. The highest BCUT2D eigenvalue weighted by atomic mass is 14.9. The topological polar surface area (TPSA) is 64.1 Å². The third-order valence-corrected chi connectivity index (χ3v) is 4.17. The molecule has 0 saturated carbocycles. The molecule has 4 rings (SSSR count). The molecule has 0 bridgehead atoms. The van der Waals surface area contributed by atoms with Gasteiger partial charge in [0.2, 0.25) is 0 Å². The number of anilines is 4. The van der Waals surface area contributed by atoms with E-state index in [4.69, 9.17) is 11.5 Å². The molecule has 23 heavy (non-hydrogen) atoms. The first kappa shape index (κ1) is 13.5. The van der Waals surface area contributed by atoms with E-state index >= 15 is 0 Å². The second-order valence-electron chi connectivity index (χ2n) is 5.66. The summed E-state index contributed by atoms with van der Waals surface area (Å²) in [5.74, 6) is 0. The standard InChI is InChI=1S/C20H17N3/c21-18-7-3-5-14-8-10-15(12-17(14)18)23-19-11-9-13-4-1-2-6-16(13)20(19)22/h1-12,23H,21-22H2.